The van der Waals surface area contributed by atoms with Crippen LogP contribution in [0.25, 0.3) is 0 Å². The number of esters is 2. The molecule has 1 atom stereocenters. The lowest BCUT2D eigenvalue weighted by molar-refractivity contribution is -0.162. The van der Waals surface area contributed by atoms with Crippen molar-refractivity contribution in [2.45, 2.75) is 245 Å². The molecule has 0 amide bonds. The van der Waals surface area contributed by atoms with Crippen LogP contribution < -0.4 is 0 Å². The monoisotopic (exact) mass is 941 g/mol. The lowest BCUT2D eigenvalue weighted by Gasteiger charge is -2.18. The molecule has 0 aliphatic rings. The number of hydrogen-bond donors (Lipinski definition) is 0. The van der Waals surface area contributed by atoms with Crippen LogP contribution in [0.15, 0.2) is 122 Å². The first-order valence-electron chi connectivity index (χ1n) is 28.1. The van der Waals surface area contributed by atoms with Crippen molar-refractivity contribution in [1.82, 2.24) is 0 Å². The van der Waals surface area contributed by atoms with Crippen molar-refractivity contribution >= 4 is 11.9 Å². The van der Waals surface area contributed by atoms with Crippen molar-refractivity contribution in [3.63, 3.8) is 0 Å². The number of carbonyl (C=O) groups is 2. The molecule has 0 aliphatic heterocycles. The number of rotatable bonds is 50. The third-order valence-electron chi connectivity index (χ3n) is 11.5. The summed E-state index contributed by atoms with van der Waals surface area (Å²) in [6, 6.07) is 0. The molecule has 0 radical (unpaired) electrons. The molecule has 0 N–H and O–H groups in total. The molecule has 0 saturated heterocycles. The second kappa shape index (κ2) is 57.6. The third kappa shape index (κ3) is 54.9. The van der Waals surface area contributed by atoms with E-state index in [1.807, 2.05) is 0 Å². The number of ether oxygens (including phenoxy) is 3. The summed E-state index contributed by atoms with van der Waals surface area (Å²) in [5.74, 6) is -0.490. The van der Waals surface area contributed by atoms with Gasteiger partial charge in [0, 0.05) is 19.4 Å². The summed E-state index contributed by atoms with van der Waals surface area (Å²) >= 11 is 0. The van der Waals surface area contributed by atoms with Crippen molar-refractivity contribution in [1.29, 1.82) is 0 Å². The quantitative estimate of drug-likeness (QED) is 0.0345. The molecule has 68 heavy (non-hydrogen) atoms. The van der Waals surface area contributed by atoms with Gasteiger partial charge in [0.2, 0.25) is 0 Å². The van der Waals surface area contributed by atoms with Gasteiger partial charge >= 0.3 is 11.9 Å². The zero-order valence-corrected chi connectivity index (χ0v) is 44.3. The average molecular weight is 942 g/mol. The standard InChI is InChI=1S/C63H104O5/c1-4-7-10-13-16-19-22-25-28-31-32-34-35-38-41-44-47-50-53-56-62(64)67-60-61(59-66-58-55-52-49-46-43-40-37-30-27-24-21-18-15-12-9-6-3)68-63(65)57-54-51-48-45-42-39-36-33-29-26-23-20-17-14-11-8-5-2/h8,11,16-21,25-30,32,34,36,39,45,48,61H,4-7,9-10,12-15,22-24,31,33,35,37-38,40-44,46-47,49-60H2,1-3H3/b11-8-,19-16-,20-17-,21-18-,28-25-,29-26-,30-27-,34-32-,39-36-,48-45-. The Bertz CT molecular complexity index is 1390. The highest BCUT2D eigenvalue weighted by Crippen LogP contribution is 2.12. The van der Waals surface area contributed by atoms with Gasteiger partial charge in [-0.25, -0.2) is 0 Å². The van der Waals surface area contributed by atoms with Crippen LogP contribution in [0, 0.1) is 0 Å². The summed E-state index contributed by atoms with van der Waals surface area (Å²) in [6.45, 7) is 7.56. The maximum atomic E-state index is 12.8. The second-order valence-corrected chi connectivity index (χ2v) is 18.1. The molecule has 5 heteroatoms. The molecule has 0 bridgehead atoms. The molecule has 5 nitrogen and oxygen atoms in total. The first-order chi connectivity index (χ1) is 33.6. The molecule has 0 rings (SSSR count). The molecule has 0 saturated carbocycles. The number of hydrogen-bond acceptors (Lipinski definition) is 5. The fourth-order valence-electron chi connectivity index (χ4n) is 7.29. The fourth-order valence-corrected chi connectivity index (χ4v) is 7.29. The van der Waals surface area contributed by atoms with Gasteiger partial charge in [-0.05, 0) is 128 Å². The van der Waals surface area contributed by atoms with E-state index < -0.39 is 6.10 Å². The van der Waals surface area contributed by atoms with Crippen molar-refractivity contribution in [2.24, 2.45) is 0 Å². The van der Waals surface area contributed by atoms with Crippen LogP contribution in [-0.4, -0.2) is 37.9 Å². The van der Waals surface area contributed by atoms with E-state index in [1.165, 1.54) is 96.3 Å². The normalized spacial score (nSPS) is 13.2. The Morgan fingerprint density at radius 3 is 1.10 bits per heavy atom. The molecular weight excluding hydrogens is 837 g/mol. The van der Waals surface area contributed by atoms with Gasteiger partial charge in [0.05, 0.1) is 6.61 Å². The van der Waals surface area contributed by atoms with Gasteiger partial charge in [0.15, 0.2) is 6.10 Å². The van der Waals surface area contributed by atoms with E-state index in [2.05, 4.69) is 142 Å². The maximum absolute atomic E-state index is 12.8. The van der Waals surface area contributed by atoms with Gasteiger partial charge in [-0.3, -0.25) is 9.59 Å². The number of carbonyl (C=O) groups excluding carboxylic acids is 2. The Labute approximate surface area is 420 Å². The van der Waals surface area contributed by atoms with E-state index in [-0.39, 0.29) is 25.2 Å². The molecule has 0 fully saturated rings. The molecule has 0 aromatic rings. The van der Waals surface area contributed by atoms with Crippen molar-refractivity contribution in [3.8, 4) is 0 Å². The van der Waals surface area contributed by atoms with E-state index in [4.69, 9.17) is 14.2 Å². The minimum Gasteiger partial charge on any atom is -0.462 e. The lowest BCUT2D eigenvalue weighted by Crippen LogP contribution is -2.30. The van der Waals surface area contributed by atoms with Gasteiger partial charge < -0.3 is 14.2 Å². The summed E-state index contributed by atoms with van der Waals surface area (Å²) < 4.78 is 17.4. The predicted octanol–water partition coefficient (Wildman–Crippen LogP) is 19.3. The smallest absolute Gasteiger partial charge is 0.306 e. The van der Waals surface area contributed by atoms with Crippen LogP contribution in [0.1, 0.15) is 239 Å². The van der Waals surface area contributed by atoms with E-state index in [9.17, 15) is 9.59 Å². The van der Waals surface area contributed by atoms with E-state index in [1.54, 1.807) is 0 Å². The SMILES string of the molecule is CC/C=C\C/C=C\C/C=C\C/C=C\C/C=C\CCCC(=O)OC(COCCCCCCCC/C=C\C/C=C\CCCCC)COC(=O)CCCCCCCC/C=C\C/C=C\C/C=C\CCCCC. The number of unbranched alkanes of at least 4 members (excludes halogenated alkanes) is 19. The number of allylic oxidation sites excluding steroid dienone is 20. The van der Waals surface area contributed by atoms with Gasteiger partial charge in [-0.1, -0.05) is 219 Å². The highest BCUT2D eigenvalue weighted by Gasteiger charge is 2.17. The highest BCUT2D eigenvalue weighted by atomic mass is 16.6. The summed E-state index contributed by atoms with van der Waals surface area (Å²) in [5, 5.41) is 0. The molecule has 0 aromatic carbocycles. The molecule has 0 heterocycles. The molecule has 386 valence electrons. The van der Waals surface area contributed by atoms with Crippen LogP contribution in [0.4, 0.5) is 0 Å². The average Bonchev–Trinajstić information content (AvgIpc) is 3.34. The van der Waals surface area contributed by atoms with Crippen LogP contribution >= 0.6 is 0 Å². The lowest BCUT2D eigenvalue weighted by atomic mass is 10.1. The van der Waals surface area contributed by atoms with Gasteiger partial charge in [0.1, 0.15) is 6.61 Å². The van der Waals surface area contributed by atoms with Crippen molar-refractivity contribution < 1.29 is 23.8 Å². The Balaban J connectivity index is 4.43. The first-order valence-corrected chi connectivity index (χ1v) is 28.1. The molecule has 0 spiro atoms. The van der Waals surface area contributed by atoms with Crippen molar-refractivity contribution in [3.05, 3.63) is 122 Å². The Hall–Kier alpha value is -3.70. The third-order valence-corrected chi connectivity index (χ3v) is 11.5. The highest BCUT2D eigenvalue weighted by molar-refractivity contribution is 5.70. The van der Waals surface area contributed by atoms with Gasteiger partial charge in [-0.15, -0.1) is 0 Å². The first kappa shape index (κ1) is 64.3. The fraction of sp³-hybridized carbons (Fsp3) is 0.651. The molecule has 0 aliphatic carbocycles. The summed E-state index contributed by atoms with van der Waals surface area (Å²) in [6.07, 6.45) is 80.7. The van der Waals surface area contributed by atoms with Crippen LogP contribution in [0.2, 0.25) is 0 Å². The van der Waals surface area contributed by atoms with E-state index >= 15 is 0 Å². The van der Waals surface area contributed by atoms with Crippen LogP contribution in [0.5, 0.6) is 0 Å². The van der Waals surface area contributed by atoms with Crippen molar-refractivity contribution in [2.75, 3.05) is 19.8 Å². The van der Waals surface area contributed by atoms with E-state index in [0.717, 1.165) is 109 Å². The van der Waals surface area contributed by atoms with E-state index in [0.29, 0.717) is 19.4 Å². The largest absolute Gasteiger partial charge is 0.462 e. The zero-order chi connectivity index (χ0) is 49.2. The summed E-state index contributed by atoms with van der Waals surface area (Å²) in [7, 11) is 0. The van der Waals surface area contributed by atoms with Crippen LogP contribution in [0.3, 0.4) is 0 Å². The predicted molar refractivity (Wildman–Crippen MR) is 297 cm³/mol. The molecule has 1 unspecified atom stereocenters. The summed E-state index contributed by atoms with van der Waals surface area (Å²) in [5.41, 5.74) is 0. The zero-order valence-electron chi connectivity index (χ0n) is 44.3. The minimum absolute atomic E-state index is 0.0442. The molecule has 0 aromatic heterocycles. The summed E-state index contributed by atoms with van der Waals surface area (Å²) in [4.78, 5) is 25.5. The molecular formula is C63H104O5. The minimum atomic E-state index is -0.586. The topological polar surface area (TPSA) is 61.8 Å². The Morgan fingerprint density at radius 1 is 0.338 bits per heavy atom. The second-order valence-electron chi connectivity index (χ2n) is 18.1. The van der Waals surface area contributed by atoms with Gasteiger partial charge in [-0.2, -0.15) is 0 Å². The van der Waals surface area contributed by atoms with Crippen LogP contribution in [-0.2, 0) is 23.8 Å². The maximum Gasteiger partial charge on any atom is 0.306 e. The Morgan fingerprint density at radius 2 is 0.676 bits per heavy atom. The Kier molecular flexibility index (Phi) is 54.5. The van der Waals surface area contributed by atoms with Gasteiger partial charge in [0.25, 0.3) is 0 Å².